The molecule has 2 rings (SSSR count). The van der Waals surface area contributed by atoms with Crippen LogP contribution in [0.5, 0.6) is 0 Å². The van der Waals surface area contributed by atoms with Crippen molar-refractivity contribution < 1.29 is 27.9 Å². The van der Waals surface area contributed by atoms with Crippen LogP contribution in [-0.4, -0.2) is 41.1 Å². The SMILES string of the molecule is CC(C)(CCC(=O)N1CCC(C(=O)O)(C(F)(F)F)C1)c1ccccc1. The monoisotopic (exact) mass is 357 g/mol. The number of hydrogen-bond donors (Lipinski definition) is 1. The maximum absolute atomic E-state index is 13.2. The molecule has 1 aromatic carbocycles. The lowest BCUT2D eigenvalue weighted by molar-refractivity contribution is -0.227. The number of carbonyl (C=O) groups is 2. The van der Waals surface area contributed by atoms with E-state index in [0.29, 0.717) is 6.42 Å². The van der Waals surface area contributed by atoms with Crippen molar-refractivity contribution in [2.75, 3.05) is 13.1 Å². The minimum Gasteiger partial charge on any atom is -0.481 e. The third kappa shape index (κ3) is 3.80. The molecule has 7 heteroatoms. The molecule has 0 bridgehead atoms. The third-order valence-corrected chi connectivity index (χ3v) is 5.09. The Morgan fingerprint density at radius 2 is 1.80 bits per heavy atom. The predicted molar refractivity (Wildman–Crippen MR) is 86.0 cm³/mol. The summed E-state index contributed by atoms with van der Waals surface area (Å²) >= 11 is 0. The molecule has 1 heterocycles. The van der Waals surface area contributed by atoms with Crippen molar-refractivity contribution in [2.24, 2.45) is 5.41 Å². The molecule has 1 saturated heterocycles. The number of rotatable bonds is 5. The molecule has 1 unspecified atom stereocenters. The molecule has 1 aliphatic heterocycles. The van der Waals surface area contributed by atoms with Gasteiger partial charge in [0, 0.05) is 19.5 Å². The summed E-state index contributed by atoms with van der Waals surface area (Å²) in [5, 5.41) is 9.05. The van der Waals surface area contributed by atoms with E-state index >= 15 is 0 Å². The van der Waals surface area contributed by atoms with E-state index < -0.39 is 36.4 Å². The molecule has 1 aliphatic rings. The van der Waals surface area contributed by atoms with Crippen LogP contribution in [0.4, 0.5) is 13.2 Å². The Kier molecular flexibility index (Phi) is 5.16. The number of carboxylic acid groups (broad SMARTS) is 1. The molecule has 0 aliphatic carbocycles. The van der Waals surface area contributed by atoms with Crippen LogP contribution in [0.1, 0.15) is 38.7 Å². The van der Waals surface area contributed by atoms with Gasteiger partial charge < -0.3 is 10.0 Å². The van der Waals surface area contributed by atoms with Crippen LogP contribution >= 0.6 is 0 Å². The number of benzene rings is 1. The Balaban J connectivity index is 2.02. The molecule has 0 aromatic heterocycles. The van der Waals surface area contributed by atoms with Crippen molar-refractivity contribution in [2.45, 2.75) is 44.7 Å². The minimum atomic E-state index is -4.88. The molecule has 0 saturated carbocycles. The lowest BCUT2D eigenvalue weighted by Gasteiger charge is -2.28. The largest absolute Gasteiger partial charge is 0.481 e. The van der Waals surface area contributed by atoms with Gasteiger partial charge in [-0.15, -0.1) is 0 Å². The average Bonchev–Trinajstić information content (AvgIpc) is 3.00. The van der Waals surface area contributed by atoms with Crippen LogP contribution in [-0.2, 0) is 15.0 Å². The highest BCUT2D eigenvalue weighted by molar-refractivity contribution is 5.81. The van der Waals surface area contributed by atoms with E-state index in [0.717, 1.165) is 10.5 Å². The highest BCUT2D eigenvalue weighted by atomic mass is 19.4. The topological polar surface area (TPSA) is 57.6 Å². The zero-order valence-electron chi connectivity index (χ0n) is 14.3. The molecule has 1 aromatic rings. The number of amides is 1. The van der Waals surface area contributed by atoms with Crippen LogP contribution in [0, 0.1) is 5.41 Å². The highest BCUT2D eigenvalue weighted by Gasteiger charge is 2.64. The van der Waals surface area contributed by atoms with Gasteiger partial charge in [-0.1, -0.05) is 44.2 Å². The molecule has 0 spiro atoms. The second-order valence-corrected chi connectivity index (χ2v) is 7.20. The standard InChI is InChI=1S/C18H22F3NO3/c1-16(2,13-6-4-3-5-7-13)9-8-14(23)22-11-10-17(12-22,15(24)25)18(19,20)21/h3-7H,8-12H2,1-2H3,(H,24,25). The Morgan fingerprint density at radius 3 is 2.28 bits per heavy atom. The second-order valence-electron chi connectivity index (χ2n) is 7.20. The number of aliphatic carboxylic acids is 1. The van der Waals surface area contributed by atoms with Crippen LogP contribution in [0.2, 0.25) is 0 Å². The van der Waals surface area contributed by atoms with Crippen molar-refractivity contribution >= 4 is 11.9 Å². The van der Waals surface area contributed by atoms with Crippen LogP contribution < -0.4 is 0 Å². The van der Waals surface area contributed by atoms with E-state index in [1.54, 1.807) is 0 Å². The van der Waals surface area contributed by atoms with Crippen LogP contribution in [0.25, 0.3) is 0 Å². The molecule has 4 nitrogen and oxygen atoms in total. The number of nitrogens with zero attached hydrogens (tertiary/aromatic N) is 1. The summed E-state index contributed by atoms with van der Waals surface area (Å²) in [6.07, 6.45) is -4.93. The number of hydrogen-bond acceptors (Lipinski definition) is 2. The van der Waals surface area contributed by atoms with E-state index in [1.807, 2.05) is 44.2 Å². The number of likely N-dealkylation sites (tertiary alicyclic amines) is 1. The van der Waals surface area contributed by atoms with Gasteiger partial charge in [0.1, 0.15) is 0 Å². The quantitative estimate of drug-likeness (QED) is 0.876. The lowest BCUT2D eigenvalue weighted by Crippen LogP contribution is -2.47. The zero-order valence-corrected chi connectivity index (χ0v) is 14.3. The molecule has 1 atom stereocenters. The maximum Gasteiger partial charge on any atom is 0.406 e. The van der Waals surface area contributed by atoms with Crippen molar-refractivity contribution in [1.82, 2.24) is 4.90 Å². The summed E-state index contributed by atoms with van der Waals surface area (Å²) in [6, 6.07) is 9.56. The van der Waals surface area contributed by atoms with Gasteiger partial charge in [0.05, 0.1) is 0 Å². The minimum absolute atomic E-state index is 0.0788. The third-order valence-electron chi connectivity index (χ3n) is 5.09. The van der Waals surface area contributed by atoms with Gasteiger partial charge in [-0.3, -0.25) is 9.59 Å². The molecule has 1 N–H and O–H groups in total. The van der Waals surface area contributed by atoms with Gasteiger partial charge in [0.15, 0.2) is 5.41 Å². The summed E-state index contributed by atoms with van der Waals surface area (Å²) in [5.74, 6) is -2.35. The molecule has 138 valence electrons. The van der Waals surface area contributed by atoms with Gasteiger partial charge in [-0.2, -0.15) is 13.2 Å². The summed E-state index contributed by atoms with van der Waals surface area (Å²) in [5.41, 5.74) is -2.11. The van der Waals surface area contributed by atoms with Crippen molar-refractivity contribution in [3.05, 3.63) is 35.9 Å². The number of alkyl halides is 3. The van der Waals surface area contributed by atoms with E-state index in [1.165, 1.54) is 0 Å². The summed E-state index contributed by atoms with van der Waals surface area (Å²) in [6.45, 7) is 2.94. The first-order chi connectivity index (χ1) is 11.5. The van der Waals surface area contributed by atoms with Crippen LogP contribution in [0.3, 0.4) is 0 Å². The Morgan fingerprint density at radius 1 is 1.20 bits per heavy atom. The fraction of sp³-hybridized carbons (Fsp3) is 0.556. The first kappa shape index (κ1) is 19.3. The van der Waals surface area contributed by atoms with Gasteiger partial charge in [0.25, 0.3) is 0 Å². The van der Waals surface area contributed by atoms with Crippen molar-refractivity contribution in [1.29, 1.82) is 0 Å². The Hall–Kier alpha value is -2.05. The fourth-order valence-electron chi connectivity index (χ4n) is 3.16. The highest BCUT2D eigenvalue weighted by Crippen LogP contribution is 2.46. The summed E-state index contributed by atoms with van der Waals surface area (Å²) in [4.78, 5) is 24.5. The Labute approximate surface area is 144 Å². The summed E-state index contributed by atoms with van der Waals surface area (Å²) < 4.78 is 39.5. The number of halogens is 3. The number of carboxylic acids is 1. The van der Waals surface area contributed by atoms with E-state index in [2.05, 4.69) is 0 Å². The first-order valence-electron chi connectivity index (χ1n) is 8.13. The van der Waals surface area contributed by atoms with Crippen LogP contribution in [0.15, 0.2) is 30.3 Å². The summed E-state index contributed by atoms with van der Waals surface area (Å²) in [7, 11) is 0. The molecular formula is C18H22F3NO3. The second kappa shape index (κ2) is 6.69. The van der Waals surface area contributed by atoms with Gasteiger partial charge in [-0.05, 0) is 23.8 Å². The smallest absolute Gasteiger partial charge is 0.406 e. The van der Waals surface area contributed by atoms with Gasteiger partial charge in [0.2, 0.25) is 5.91 Å². The normalized spacial score (nSPS) is 21.4. The molecular weight excluding hydrogens is 335 g/mol. The molecule has 1 amide bonds. The Bertz CT molecular complexity index is 643. The van der Waals surface area contributed by atoms with E-state index in [4.69, 9.17) is 5.11 Å². The van der Waals surface area contributed by atoms with E-state index in [-0.39, 0.29) is 18.4 Å². The number of carbonyl (C=O) groups excluding carboxylic acids is 1. The first-order valence-corrected chi connectivity index (χ1v) is 8.13. The van der Waals surface area contributed by atoms with Gasteiger partial charge >= 0.3 is 12.1 Å². The molecule has 25 heavy (non-hydrogen) atoms. The molecule has 1 fully saturated rings. The lowest BCUT2D eigenvalue weighted by atomic mass is 9.80. The molecule has 0 radical (unpaired) electrons. The van der Waals surface area contributed by atoms with Crippen molar-refractivity contribution in [3.63, 3.8) is 0 Å². The van der Waals surface area contributed by atoms with Crippen molar-refractivity contribution in [3.8, 4) is 0 Å². The fourth-order valence-corrected chi connectivity index (χ4v) is 3.16. The average molecular weight is 357 g/mol. The van der Waals surface area contributed by atoms with Gasteiger partial charge in [-0.25, -0.2) is 0 Å². The predicted octanol–water partition coefficient (Wildman–Crippen LogP) is 3.61. The van der Waals surface area contributed by atoms with E-state index in [9.17, 15) is 22.8 Å². The maximum atomic E-state index is 13.2. The zero-order chi connectivity index (χ0) is 18.9.